The van der Waals surface area contributed by atoms with E-state index >= 15 is 0 Å². The van der Waals surface area contributed by atoms with Crippen molar-refractivity contribution in [2.45, 2.75) is 45.9 Å². The average Bonchev–Trinajstić information content (AvgIpc) is 2.87. The summed E-state index contributed by atoms with van der Waals surface area (Å²) in [4.78, 5) is 35.8. The number of methoxy groups -OCH3 is 2. The van der Waals surface area contributed by atoms with Gasteiger partial charge in [0, 0.05) is 24.0 Å². The second kappa shape index (κ2) is 11.6. The van der Waals surface area contributed by atoms with Crippen molar-refractivity contribution in [1.82, 2.24) is 19.9 Å². The molecule has 0 fully saturated rings. The van der Waals surface area contributed by atoms with Crippen LogP contribution in [0, 0.1) is 11.3 Å². The van der Waals surface area contributed by atoms with Gasteiger partial charge in [-0.2, -0.15) is 5.26 Å². The van der Waals surface area contributed by atoms with Crippen molar-refractivity contribution in [2.75, 3.05) is 27.4 Å². The molecule has 0 aliphatic carbocycles. The molecule has 1 aromatic carbocycles. The van der Waals surface area contributed by atoms with Crippen molar-refractivity contribution in [1.29, 1.82) is 5.26 Å². The van der Waals surface area contributed by atoms with E-state index in [0.717, 1.165) is 5.01 Å². The summed E-state index contributed by atoms with van der Waals surface area (Å²) in [5.74, 6) is 0.712. The van der Waals surface area contributed by atoms with Crippen LogP contribution >= 0.6 is 0 Å². The molecular weight excluding hydrogens is 480 g/mol. The van der Waals surface area contributed by atoms with Gasteiger partial charge in [0.25, 0.3) is 11.8 Å². The van der Waals surface area contributed by atoms with Gasteiger partial charge in [0.2, 0.25) is 0 Å². The molecule has 196 valence electrons. The molecule has 0 N–H and O–H groups in total. The molecule has 0 radical (unpaired) electrons. The zero-order valence-corrected chi connectivity index (χ0v) is 21.7. The molecule has 0 saturated heterocycles. The summed E-state index contributed by atoms with van der Waals surface area (Å²) in [6.07, 6.45) is 2.35. The number of amides is 2. The van der Waals surface area contributed by atoms with Crippen LogP contribution in [0.5, 0.6) is 11.5 Å². The summed E-state index contributed by atoms with van der Waals surface area (Å²) in [6, 6.07) is 6.53. The van der Waals surface area contributed by atoms with Gasteiger partial charge in [0.15, 0.2) is 12.3 Å². The van der Waals surface area contributed by atoms with E-state index in [9.17, 15) is 9.59 Å². The fourth-order valence-corrected chi connectivity index (χ4v) is 3.52. The molecule has 2 amide bonds. The molecule has 37 heavy (non-hydrogen) atoms. The van der Waals surface area contributed by atoms with Gasteiger partial charge in [-0.1, -0.05) is 0 Å². The third-order valence-corrected chi connectivity index (χ3v) is 5.31. The largest absolute Gasteiger partial charge is 0.497 e. The van der Waals surface area contributed by atoms with Crippen LogP contribution in [-0.2, 0) is 20.8 Å². The predicted octanol–water partition coefficient (Wildman–Crippen LogP) is 3.04. The highest BCUT2D eigenvalue weighted by molar-refractivity contribution is 5.97. The van der Waals surface area contributed by atoms with Crippen molar-refractivity contribution in [3.05, 3.63) is 47.5 Å². The van der Waals surface area contributed by atoms with E-state index < -0.39 is 23.6 Å². The molecular formula is C25H30N6O6. The maximum Gasteiger partial charge on any atom is 0.411 e. The number of hydrogen-bond acceptors (Lipinski definition) is 10. The standard InChI is InChI=1S/C25H30N6O6/c1-16(21-22(28-11-10-27-21)23-29-31(12-9-26)20(32)15-36-23)30(24(33)37-25(2,3)4)14-17-7-8-18(34-5)13-19(17)35-6/h7-8,10-11,13,16H,12,14-15H2,1-6H3. The lowest BCUT2D eigenvalue weighted by Gasteiger charge is -2.32. The Labute approximate surface area is 215 Å². The molecule has 1 aromatic heterocycles. The summed E-state index contributed by atoms with van der Waals surface area (Å²) < 4.78 is 22.0. The minimum absolute atomic E-state index is 0.0240. The highest BCUT2D eigenvalue weighted by Crippen LogP contribution is 2.31. The number of nitrogens with zero attached hydrogens (tertiary/aromatic N) is 6. The Morgan fingerprint density at radius 2 is 1.97 bits per heavy atom. The Morgan fingerprint density at radius 3 is 2.62 bits per heavy atom. The summed E-state index contributed by atoms with van der Waals surface area (Å²) in [5.41, 5.74) is 0.564. The monoisotopic (exact) mass is 510 g/mol. The first-order chi connectivity index (χ1) is 17.6. The van der Waals surface area contributed by atoms with Gasteiger partial charge in [-0.3, -0.25) is 14.7 Å². The Balaban J connectivity index is 2.04. The number of ether oxygens (including phenoxy) is 4. The zero-order valence-electron chi connectivity index (χ0n) is 21.7. The van der Waals surface area contributed by atoms with E-state index in [1.165, 1.54) is 24.4 Å². The fourth-order valence-electron chi connectivity index (χ4n) is 3.52. The molecule has 3 rings (SSSR count). The third kappa shape index (κ3) is 6.63. The lowest BCUT2D eigenvalue weighted by atomic mass is 10.1. The van der Waals surface area contributed by atoms with Crippen LogP contribution < -0.4 is 9.47 Å². The fraction of sp³-hybridized carbons (Fsp3) is 0.440. The van der Waals surface area contributed by atoms with Crippen molar-refractivity contribution in [2.24, 2.45) is 5.10 Å². The molecule has 1 unspecified atom stereocenters. The van der Waals surface area contributed by atoms with Gasteiger partial charge >= 0.3 is 6.09 Å². The molecule has 12 nitrogen and oxygen atoms in total. The number of rotatable bonds is 8. The predicted molar refractivity (Wildman–Crippen MR) is 132 cm³/mol. The van der Waals surface area contributed by atoms with Gasteiger partial charge in [-0.25, -0.2) is 14.8 Å². The summed E-state index contributed by atoms with van der Waals surface area (Å²) in [5, 5.41) is 14.2. The average molecular weight is 511 g/mol. The van der Waals surface area contributed by atoms with Gasteiger partial charge in [0.1, 0.15) is 23.6 Å². The second-order valence-corrected chi connectivity index (χ2v) is 9.06. The van der Waals surface area contributed by atoms with Crippen LogP contribution in [0.3, 0.4) is 0 Å². The molecule has 2 heterocycles. The van der Waals surface area contributed by atoms with Crippen molar-refractivity contribution in [3.8, 4) is 17.6 Å². The maximum absolute atomic E-state index is 13.4. The van der Waals surface area contributed by atoms with Crippen LogP contribution in [-0.4, -0.2) is 70.7 Å². The highest BCUT2D eigenvalue weighted by atomic mass is 16.6. The zero-order chi connectivity index (χ0) is 27.2. The van der Waals surface area contributed by atoms with Gasteiger partial charge in [0.05, 0.1) is 38.6 Å². The van der Waals surface area contributed by atoms with Crippen molar-refractivity contribution >= 4 is 17.9 Å². The number of hydrogen-bond donors (Lipinski definition) is 0. The lowest BCUT2D eigenvalue weighted by Crippen LogP contribution is -2.40. The number of nitriles is 1. The van der Waals surface area contributed by atoms with Gasteiger partial charge in [-0.05, 0) is 39.8 Å². The molecule has 0 spiro atoms. The molecule has 2 aromatic rings. The second-order valence-electron chi connectivity index (χ2n) is 9.06. The molecule has 1 aliphatic rings. The van der Waals surface area contributed by atoms with E-state index in [1.54, 1.807) is 53.0 Å². The number of aromatic nitrogens is 2. The quantitative estimate of drug-likeness (QED) is 0.490. The highest BCUT2D eigenvalue weighted by Gasteiger charge is 2.33. The molecule has 0 bridgehead atoms. The summed E-state index contributed by atoms with van der Waals surface area (Å²) >= 11 is 0. The third-order valence-electron chi connectivity index (χ3n) is 5.31. The summed E-state index contributed by atoms with van der Waals surface area (Å²) in [7, 11) is 3.09. The molecule has 0 saturated carbocycles. The van der Waals surface area contributed by atoms with Gasteiger partial charge < -0.3 is 18.9 Å². The Bertz CT molecular complexity index is 1220. The van der Waals surface area contributed by atoms with Crippen molar-refractivity contribution < 1.29 is 28.5 Å². The SMILES string of the molecule is COc1ccc(CN(C(=O)OC(C)(C)C)C(C)c2nccnc2C2=NN(CC#N)C(=O)CO2)c(OC)c1. The molecule has 1 atom stereocenters. The van der Waals surface area contributed by atoms with Crippen LogP contribution in [0.4, 0.5) is 4.79 Å². The van der Waals surface area contributed by atoms with Crippen LogP contribution in [0.1, 0.15) is 50.7 Å². The topological polar surface area (TPSA) is 139 Å². The minimum Gasteiger partial charge on any atom is -0.497 e. The molecule has 12 heteroatoms. The van der Waals surface area contributed by atoms with Crippen LogP contribution in [0.15, 0.2) is 35.7 Å². The van der Waals surface area contributed by atoms with E-state index in [0.29, 0.717) is 22.8 Å². The van der Waals surface area contributed by atoms with E-state index in [4.69, 9.17) is 24.2 Å². The number of benzene rings is 1. The maximum atomic E-state index is 13.4. The number of hydrazone groups is 1. The first-order valence-electron chi connectivity index (χ1n) is 11.5. The Kier molecular flexibility index (Phi) is 8.49. The smallest absolute Gasteiger partial charge is 0.411 e. The summed E-state index contributed by atoms with van der Waals surface area (Å²) in [6.45, 7) is 6.69. The lowest BCUT2D eigenvalue weighted by molar-refractivity contribution is -0.134. The van der Waals surface area contributed by atoms with Crippen LogP contribution in [0.25, 0.3) is 0 Å². The number of carbonyl (C=O) groups is 2. The minimum atomic E-state index is -0.751. The first kappa shape index (κ1) is 27.2. The Hall–Kier alpha value is -4.40. The van der Waals surface area contributed by atoms with E-state index in [-0.39, 0.29) is 31.3 Å². The number of carbonyl (C=O) groups excluding carboxylic acids is 2. The van der Waals surface area contributed by atoms with Crippen molar-refractivity contribution in [3.63, 3.8) is 0 Å². The Morgan fingerprint density at radius 1 is 1.24 bits per heavy atom. The van der Waals surface area contributed by atoms with Gasteiger partial charge in [-0.15, -0.1) is 5.10 Å². The van der Waals surface area contributed by atoms with Crippen LogP contribution in [0.2, 0.25) is 0 Å². The first-order valence-corrected chi connectivity index (χ1v) is 11.5. The normalized spacial score (nSPS) is 14.1. The van der Waals surface area contributed by atoms with E-state index in [1.807, 2.05) is 6.07 Å². The van der Waals surface area contributed by atoms with E-state index in [2.05, 4.69) is 15.1 Å². The molecule has 1 aliphatic heterocycles.